The third-order valence-corrected chi connectivity index (χ3v) is 4.93. The maximum atomic E-state index is 13.5. The summed E-state index contributed by atoms with van der Waals surface area (Å²) in [6.07, 6.45) is 2.42. The van der Waals surface area contributed by atoms with Crippen molar-refractivity contribution in [1.82, 2.24) is 4.31 Å². The number of piperidine rings is 1. The van der Waals surface area contributed by atoms with Gasteiger partial charge < -0.3 is 5.32 Å². The quantitative estimate of drug-likeness (QED) is 0.924. The molecule has 1 amide bonds. The van der Waals surface area contributed by atoms with Crippen LogP contribution in [-0.2, 0) is 14.8 Å². The molecule has 1 aliphatic rings. The molecular formula is C14H19FN2O3S. The zero-order chi connectivity index (χ0) is 15.6. The molecule has 1 aromatic rings. The van der Waals surface area contributed by atoms with E-state index in [2.05, 4.69) is 5.32 Å². The Morgan fingerprint density at radius 3 is 2.76 bits per heavy atom. The highest BCUT2D eigenvalue weighted by molar-refractivity contribution is 7.88. The third-order valence-electron chi connectivity index (χ3n) is 3.66. The summed E-state index contributed by atoms with van der Waals surface area (Å²) in [6, 6.07) is 4.49. The van der Waals surface area contributed by atoms with Gasteiger partial charge in [0.1, 0.15) is 5.82 Å². The summed E-state index contributed by atoms with van der Waals surface area (Å²) in [5.41, 5.74) is 0.897. The van der Waals surface area contributed by atoms with E-state index < -0.39 is 15.9 Å². The number of sulfonamides is 1. The van der Waals surface area contributed by atoms with Crippen molar-refractivity contribution in [2.24, 2.45) is 5.92 Å². The lowest BCUT2D eigenvalue weighted by molar-refractivity contribution is -0.120. The van der Waals surface area contributed by atoms with Gasteiger partial charge in [0, 0.05) is 18.8 Å². The standard InChI is InChI=1S/C14H19FN2O3S/c1-10-5-6-12(8-13(10)15)16-14(18)11-4-3-7-17(9-11)21(2,19)20/h5-6,8,11H,3-4,7,9H2,1-2H3,(H,16,18). The summed E-state index contributed by atoms with van der Waals surface area (Å²) in [6.45, 7) is 2.27. The molecule has 1 fully saturated rings. The molecule has 1 N–H and O–H groups in total. The number of aryl methyl sites for hydroxylation is 1. The van der Waals surface area contributed by atoms with Crippen LogP contribution >= 0.6 is 0 Å². The van der Waals surface area contributed by atoms with E-state index in [4.69, 9.17) is 0 Å². The van der Waals surface area contributed by atoms with Gasteiger partial charge in [-0.3, -0.25) is 4.79 Å². The fourth-order valence-corrected chi connectivity index (χ4v) is 3.28. The summed E-state index contributed by atoms with van der Waals surface area (Å²) in [5, 5.41) is 2.65. The van der Waals surface area contributed by atoms with Crippen LogP contribution in [0.1, 0.15) is 18.4 Å². The van der Waals surface area contributed by atoms with Crippen LogP contribution in [0.5, 0.6) is 0 Å². The van der Waals surface area contributed by atoms with Crippen molar-refractivity contribution in [3.8, 4) is 0 Å². The molecule has 2 rings (SSSR count). The minimum atomic E-state index is -3.28. The Balaban J connectivity index is 2.04. The van der Waals surface area contributed by atoms with Gasteiger partial charge in [-0.25, -0.2) is 17.1 Å². The number of carbonyl (C=O) groups excluding carboxylic acids is 1. The van der Waals surface area contributed by atoms with Gasteiger partial charge in [0.05, 0.1) is 12.2 Å². The van der Waals surface area contributed by atoms with Crippen molar-refractivity contribution in [2.75, 3.05) is 24.7 Å². The number of anilines is 1. The smallest absolute Gasteiger partial charge is 0.228 e. The number of halogens is 1. The molecule has 5 nitrogen and oxygen atoms in total. The summed E-state index contributed by atoms with van der Waals surface area (Å²) in [5.74, 6) is -1.06. The fraction of sp³-hybridized carbons (Fsp3) is 0.500. The van der Waals surface area contributed by atoms with Crippen LogP contribution < -0.4 is 5.32 Å². The number of hydrogen-bond donors (Lipinski definition) is 1. The summed E-state index contributed by atoms with van der Waals surface area (Å²) in [4.78, 5) is 12.2. The van der Waals surface area contributed by atoms with E-state index in [9.17, 15) is 17.6 Å². The number of rotatable bonds is 3. The predicted octanol–water partition coefficient (Wildman–Crippen LogP) is 1.74. The summed E-state index contributed by atoms with van der Waals surface area (Å²) in [7, 11) is -3.28. The number of nitrogens with zero attached hydrogens (tertiary/aromatic N) is 1. The molecule has 0 spiro atoms. The maximum absolute atomic E-state index is 13.5. The first kappa shape index (κ1) is 15.9. The third kappa shape index (κ3) is 4.01. The zero-order valence-electron chi connectivity index (χ0n) is 12.1. The molecule has 0 bridgehead atoms. The Bertz CT molecular complexity index is 646. The molecule has 116 valence electrons. The van der Waals surface area contributed by atoms with Crippen molar-refractivity contribution in [3.63, 3.8) is 0 Å². The molecule has 21 heavy (non-hydrogen) atoms. The van der Waals surface area contributed by atoms with E-state index in [1.165, 1.54) is 10.4 Å². The van der Waals surface area contributed by atoms with Gasteiger partial charge >= 0.3 is 0 Å². The Kier molecular flexibility index (Phi) is 4.63. The minimum Gasteiger partial charge on any atom is -0.326 e. The second-order valence-electron chi connectivity index (χ2n) is 5.41. The molecule has 1 atom stereocenters. The molecular weight excluding hydrogens is 295 g/mol. The van der Waals surface area contributed by atoms with Crippen LogP contribution in [0.2, 0.25) is 0 Å². The van der Waals surface area contributed by atoms with E-state index in [1.807, 2.05) is 0 Å². The van der Waals surface area contributed by atoms with Crippen molar-refractivity contribution in [3.05, 3.63) is 29.6 Å². The highest BCUT2D eigenvalue weighted by Crippen LogP contribution is 2.21. The fourth-order valence-electron chi connectivity index (χ4n) is 2.37. The maximum Gasteiger partial charge on any atom is 0.228 e. The van der Waals surface area contributed by atoms with Gasteiger partial charge in [-0.05, 0) is 37.5 Å². The summed E-state index contributed by atoms with van der Waals surface area (Å²) >= 11 is 0. The van der Waals surface area contributed by atoms with Crippen molar-refractivity contribution < 1.29 is 17.6 Å². The predicted molar refractivity (Wildman–Crippen MR) is 78.9 cm³/mol. The van der Waals surface area contributed by atoms with Gasteiger partial charge in [0.15, 0.2) is 0 Å². The lowest BCUT2D eigenvalue weighted by Gasteiger charge is -2.30. The monoisotopic (exact) mass is 314 g/mol. The van der Waals surface area contributed by atoms with Crippen molar-refractivity contribution in [1.29, 1.82) is 0 Å². The van der Waals surface area contributed by atoms with Crippen LogP contribution in [0, 0.1) is 18.7 Å². The average molecular weight is 314 g/mol. The number of carbonyl (C=O) groups is 1. The summed E-state index contributed by atoms with van der Waals surface area (Å²) < 4.78 is 37.8. The number of benzene rings is 1. The van der Waals surface area contributed by atoms with Crippen molar-refractivity contribution >= 4 is 21.6 Å². The zero-order valence-corrected chi connectivity index (χ0v) is 12.9. The molecule has 0 aliphatic carbocycles. The molecule has 7 heteroatoms. The lowest BCUT2D eigenvalue weighted by atomic mass is 9.98. The van der Waals surface area contributed by atoms with Crippen LogP contribution in [0.25, 0.3) is 0 Å². The molecule has 1 heterocycles. The van der Waals surface area contributed by atoms with E-state index in [0.717, 1.165) is 6.26 Å². The van der Waals surface area contributed by atoms with Gasteiger partial charge in [-0.15, -0.1) is 0 Å². The van der Waals surface area contributed by atoms with E-state index in [1.54, 1.807) is 19.1 Å². The molecule has 1 unspecified atom stereocenters. The Hall–Kier alpha value is -1.47. The van der Waals surface area contributed by atoms with Crippen LogP contribution in [0.3, 0.4) is 0 Å². The van der Waals surface area contributed by atoms with Gasteiger partial charge in [0.25, 0.3) is 0 Å². The Morgan fingerprint density at radius 1 is 1.43 bits per heavy atom. The normalized spacial score (nSPS) is 20.2. The topological polar surface area (TPSA) is 66.5 Å². The molecule has 1 saturated heterocycles. The molecule has 1 aliphatic heterocycles. The highest BCUT2D eigenvalue weighted by Gasteiger charge is 2.30. The highest BCUT2D eigenvalue weighted by atomic mass is 32.2. The SMILES string of the molecule is Cc1ccc(NC(=O)C2CCCN(S(C)(=O)=O)C2)cc1F. The van der Waals surface area contributed by atoms with E-state index >= 15 is 0 Å². The minimum absolute atomic E-state index is 0.180. The number of nitrogens with one attached hydrogen (secondary N) is 1. The van der Waals surface area contributed by atoms with Crippen LogP contribution in [-0.4, -0.2) is 38.0 Å². The Labute approximate surface area is 124 Å². The van der Waals surface area contributed by atoms with Crippen LogP contribution in [0.15, 0.2) is 18.2 Å². The molecule has 0 aromatic heterocycles. The van der Waals surface area contributed by atoms with Gasteiger partial charge in [0.2, 0.25) is 15.9 Å². The van der Waals surface area contributed by atoms with Crippen LogP contribution in [0.4, 0.5) is 10.1 Å². The molecule has 0 saturated carbocycles. The van der Waals surface area contributed by atoms with Crippen molar-refractivity contribution in [2.45, 2.75) is 19.8 Å². The first-order valence-corrected chi connectivity index (χ1v) is 8.64. The molecule has 1 aromatic carbocycles. The van der Waals surface area contributed by atoms with Gasteiger partial charge in [-0.2, -0.15) is 0 Å². The largest absolute Gasteiger partial charge is 0.326 e. The van der Waals surface area contributed by atoms with E-state index in [-0.39, 0.29) is 18.3 Å². The lowest BCUT2D eigenvalue weighted by Crippen LogP contribution is -2.43. The molecule has 0 radical (unpaired) electrons. The Morgan fingerprint density at radius 2 is 2.14 bits per heavy atom. The van der Waals surface area contributed by atoms with E-state index in [0.29, 0.717) is 30.6 Å². The number of hydrogen-bond acceptors (Lipinski definition) is 3. The first-order valence-electron chi connectivity index (χ1n) is 6.79. The first-order chi connectivity index (χ1) is 9.77. The second-order valence-corrected chi connectivity index (χ2v) is 7.40. The second kappa shape index (κ2) is 6.11. The van der Waals surface area contributed by atoms with Gasteiger partial charge in [-0.1, -0.05) is 6.07 Å². The average Bonchev–Trinajstić information content (AvgIpc) is 2.42. The number of amides is 1.